The monoisotopic (exact) mass is 828 g/mol. The third kappa shape index (κ3) is 40.3. The zero-order valence-corrected chi connectivity index (χ0v) is 36.8. The highest BCUT2D eigenvalue weighted by molar-refractivity contribution is 7.47. The van der Waals surface area contributed by atoms with Gasteiger partial charge in [-0.25, -0.2) is 9.36 Å². The number of hydrogen-bond donors (Lipinski definition) is 4. The number of carbonyl (C=O) groups is 3. The predicted molar refractivity (Wildman–Crippen MR) is 231 cm³/mol. The normalized spacial score (nSPS) is 14.0. The third-order valence-corrected chi connectivity index (χ3v) is 10.6. The van der Waals surface area contributed by atoms with E-state index in [1.807, 2.05) is 0 Å². The van der Waals surface area contributed by atoms with Crippen molar-refractivity contribution in [2.24, 2.45) is 0 Å². The molecule has 0 aliphatic heterocycles. The fourth-order valence-electron chi connectivity index (χ4n) is 6.21. The number of aliphatic hydroxyl groups excluding tert-OH is 1. The number of carboxylic acids is 1. The number of hydrogen-bond acceptors (Lipinski definition) is 8. The molecule has 0 fully saturated rings. The van der Waals surface area contributed by atoms with Gasteiger partial charge in [0.1, 0.15) is 12.7 Å². The minimum absolute atomic E-state index is 0.135. The topological polar surface area (TPSA) is 169 Å². The van der Waals surface area contributed by atoms with Crippen LogP contribution in [-0.2, 0) is 32.7 Å². The summed E-state index contributed by atoms with van der Waals surface area (Å²) in [5.41, 5.74) is 0. The maximum absolute atomic E-state index is 12.3. The number of carboxylic acid groups (broad SMARTS) is 1. The maximum Gasteiger partial charge on any atom is 0.472 e. The number of aliphatic hydroxyl groups is 1. The Bertz CT molecular complexity index is 1110. The fraction of sp³-hybridized carbons (Fsp3) is 0.800. The lowest BCUT2D eigenvalue weighted by Crippen LogP contribution is -2.43. The van der Waals surface area contributed by atoms with E-state index in [2.05, 4.69) is 55.6 Å². The average Bonchev–Trinajstić information content (AvgIpc) is 3.18. The van der Waals surface area contributed by atoms with Gasteiger partial charge in [-0.05, 0) is 44.9 Å². The van der Waals surface area contributed by atoms with Crippen molar-refractivity contribution in [1.29, 1.82) is 0 Å². The lowest BCUT2D eigenvalue weighted by Gasteiger charge is -2.18. The van der Waals surface area contributed by atoms with Gasteiger partial charge >= 0.3 is 19.8 Å². The Morgan fingerprint density at radius 2 is 1.02 bits per heavy atom. The molecule has 0 aliphatic rings. The first kappa shape index (κ1) is 54.7. The number of allylic oxidation sites excluding steroid dienone is 6. The minimum atomic E-state index is -4.76. The summed E-state index contributed by atoms with van der Waals surface area (Å²) in [5, 5.41) is 21.8. The van der Waals surface area contributed by atoms with Gasteiger partial charge in [0, 0.05) is 12.8 Å². The first-order valence-corrected chi connectivity index (χ1v) is 24.0. The van der Waals surface area contributed by atoms with Crippen LogP contribution in [-0.4, -0.2) is 64.9 Å². The standard InChI is InChI=1S/C45H82NO10P/c1-3-5-7-9-11-13-15-17-19-21-22-24-26-28-30-32-34-36-43(48)46-42(45(50)51)40-56-57(52,53)55-39-41(47)38-54-44(49)37-35-33-31-29-27-25-23-20-18-16-14-12-10-8-6-4-2/h5,7,11,13,17,19,41-42,47H,3-4,6,8-10,12,14-16,18,20-40H2,1-2H3,(H,46,48)(H,50,51)(H,52,53)/b7-5-,13-11-,19-17-. The Balaban J connectivity index is 3.89. The molecule has 332 valence electrons. The van der Waals surface area contributed by atoms with Crippen molar-refractivity contribution in [1.82, 2.24) is 5.32 Å². The van der Waals surface area contributed by atoms with Gasteiger partial charge in [0.2, 0.25) is 5.91 Å². The lowest BCUT2D eigenvalue weighted by molar-refractivity contribution is -0.147. The van der Waals surface area contributed by atoms with Gasteiger partial charge in [-0.15, -0.1) is 0 Å². The zero-order chi connectivity index (χ0) is 42.1. The van der Waals surface area contributed by atoms with Crippen molar-refractivity contribution in [2.75, 3.05) is 19.8 Å². The second kappa shape index (κ2) is 40.5. The molecule has 0 rings (SSSR count). The number of aliphatic carboxylic acids is 1. The first-order chi connectivity index (χ1) is 27.6. The Labute approximate surface area is 346 Å². The van der Waals surface area contributed by atoms with Crippen molar-refractivity contribution in [3.63, 3.8) is 0 Å². The Morgan fingerprint density at radius 1 is 0.579 bits per heavy atom. The van der Waals surface area contributed by atoms with Crippen LogP contribution in [0.4, 0.5) is 0 Å². The number of phosphoric ester groups is 1. The highest BCUT2D eigenvalue weighted by Crippen LogP contribution is 2.43. The highest BCUT2D eigenvalue weighted by Gasteiger charge is 2.28. The predicted octanol–water partition coefficient (Wildman–Crippen LogP) is 11.6. The van der Waals surface area contributed by atoms with Gasteiger partial charge in [0.25, 0.3) is 0 Å². The Kier molecular flexibility index (Phi) is 38.8. The fourth-order valence-corrected chi connectivity index (χ4v) is 6.98. The van der Waals surface area contributed by atoms with E-state index in [0.717, 1.165) is 83.5 Å². The summed E-state index contributed by atoms with van der Waals surface area (Å²) >= 11 is 0. The maximum atomic E-state index is 12.3. The van der Waals surface area contributed by atoms with Crippen LogP contribution in [0.1, 0.15) is 200 Å². The molecule has 3 unspecified atom stereocenters. The van der Waals surface area contributed by atoms with Crippen molar-refractivity contribution >= 4 is 25.7 Å². The number of unbranched alkanes of at least 4 members (excludes halogenated alkanes) is 22. The molecule has 0 aromatic heterocycles. The third-order valence-electron chi connectivity index (χ3n) is 9.69. The van der Waals surface area contributed by atoms with E-state index in [1.165, 1.54) is 77.0 Å². The smallest absolute Gasteiger partial charge is 0.472 e. The van der Waals surface area contributed by atoms with E-state index < -0.39 is 57.6 Å². The first-order valence-electron chi connectivity index (χ1n) is 22.5. The molecule has 1 amide bonds. The van der Waals surface area contributed by atoms with Crippen molar-refractivity contribution in [3.05, 3.63) is 36.5 Å². The SMILES string of the molecule is CC/C=C\C/C=C\C/C=C\CCCCCCCCCC(=O)NC(COP(=O)(O)OCC(O)COC(=O)CCCCCCCCCCCCCCCCCC)C(=O)O. The van der Waals surface area contributed by atoms with Crippen LogP contribution in [0.25, 0.3) is 0 Å². The quantitative estimate of drug-likeness (QED) is 0.0201. The molecule has 0 aromatic rings. The molecule has 0 aliphatic carbocycles. The Hall–Kier alpha value is -2.30. The second-order valence-electron chi connectivity index (χ2n) is 15.2. The average molecular weight is 828 g/mol. The molecule has 0 saturated heterocycles. The van der Waals surface area contributed by atoms with Gasteiger partial charge in [-0.1, -0.05) is 179 Å². The molecule has 12 heteroatoms. The second-order valence-corrected chi connectivity index (χ2v) is 16.7. The number of phosphoric acid groups is 1. The number of carbonyl (C=O) groups excluding carboxylic acids is 2. The molecule has 0 bridgehead atoms. The van der Waals surface area contributed by atoms with Gasteiger partial charge in [-0.2, -0.15) is 0 Å². The number of esters is 1. The van der Waals surface area contributed by atoms with E-state index in [-0.39, 0.29) is 12.8 Å². The van der Waals surface area contributed by atoms with Crippen LogP contribution in [0, 0.1) is 0 Å². The number of amides is 1. The molecule has 0 spiro atoms. The molecule has 11 nitrogen and oxygen atoms in total. The van der Waals surface area contributed by atoms with Gasteiger partial charge in [0.05, 0.1) is 13.2 Å². The summed E-state index contributed by atoms with van der Waals surface area (Å²) in [4.78, 5) is 45.9. The van der Waals surface area contributed by atoms with Crippen molar-refractivity contribution in [3.8, 4) is 0 Å². The summed E-state index contributed by atoms with van der Waals surface area (Å²) in [5.74, 6) is -2.38. The number of ether oxygens (including phenoxy) is 1. The summed E-state index contributed by atoms with van der Waals surface area (Å²) in [6, 6.07) is -1.55. The van der Waals surface area contributed by atoms with E-state index in [1.54, 1.807) is 0 Å². The zero-order valence-electron chi connectivity index (χ0n) is 35.9. The summed E-state index contributed by atoms with van der Waals surface area (Å²) in [7, 11) is -4.76. The summed E-state index contributed by atoms with van der Waals surface area (Å²) in [6.45, 7) is 2.49. The molecule has 4 N–H and O–H groups in total. The molecular formula is C45H82NO10P. The summed E-state index contributed by atoms with van der Waals surface area (Å²) in [6.07, 6.45) is 43.0. The molecule has 3 atom stereocenters. The van der Waals surface area contributed by atoms with Crippen LogP contribution < -0.4 is 5.32 Å². The van der Waals surface area contributed by atoms with E-state index >= 15 is 0 Å². The molecule has 0 radical (unpaired) electrons. The van der Waals surface area contributed by atoms with Gasteiger partial charge < -0.3 is 25.2 Å². The van der Waals surface area contributed by atoms with E-state index in [9.17, 15) is 34.1 Å². The van der Waals surface area contributed by atoms with Gasteiger partial charge in [-0.3, -0.25) is 18.6 Å². The van der Waals surface area contributed by atoms with Crippen molar-refractivity contribution in [2.45, 2.75) is 212 Å². The van der Waals surface area contributed by atoms with E-state index in [4.69, 9.17) is 13.8 Å². The highest BCUT2D eigenvalue weighted by atomic mass is 31.2. The van der Waals surface area contributed by atoms with Crippen LogP contribution >= 0.6 is 7.82 Å². The molecule has 57 heavy (non-hydrogen) atoms. The molecular weight excluding hydrogens is 745 g/mol. The molecule has 0 aromatic carbocycles. The van der Waals surface area contributed by atoms with Crippen LogP contribution in [0.2, 0.25) is 0 Å². The lowest BCUT2D eigenvalue weighted by atomic mass is 10.0. The van der Waals surface area contributed by atoms with Gasteiger partial charge in [0.15, 0.2) is 6.04 Å². The largest absolute Gasteiger partial charge is 0.480 e. The van der Waals surface area contributed by atoms with Crippen LogP contribution in [0.5, 0.6) is 0 Å². The summed E-state index contributed by atoms with van der Waals surface area (Å²) < 4.78 is 26.9. The van der Waals surface area contributed by atoms with E-state index in [0.29, 0.717) is 12.8 Å². The van der Waals surface area contributed by atoms with Crippen LogP contribution in [0.15, 0.2) is 36.5 Å². The molecule has 0 saturated carbocycles. The number of nitrogens with one attached hydrogen (secondary N) is 1. The number of rotatable bonds is 42. The minimum Gasteiger partial charge on any atom is -0.480 e. The molecule has 0 heterocycles. The van der Waals surface area contributed by atoms with Crippen molar-refractivity contribution < 1.29 is 47.8 Å². The van der Waals surface area contributed by atoms with Crippen LogP contribution in [0.3, 0.4) is 0 Å². The Morgan fingerprint density at radius 3 is 1.53 bits per heavy atom.